The number of benzene rings is 2. The van der Waals surface area contributed by atoms with E-state index >= 15 is 0 Å². The standard InChI is InChI=1S/C22H21F3N4O2/c1-12(21(31)27-15-8-6-14(7-9-15)22(23,24)25)26-19(30)11-13-10-16(13)20-28-17-4-2-3-5-18(17)29-20/h2-9,12-13,16H,10-11H2,1H3,(H,26,30)(H,27,31)(H,28,29)/t12?,13-,16+/m0/s1. The largest absolute Gasteiger partial charge is 0.416 e. The zero-order valence-electron chi connectivity index (χ0n) is 16.7. The van der Waals surface area contributed by atoms with Gasteiger partial charge in [0.2, 0.25) is 11.8 Å². The molecular weight excluding hydrogens is 409 g/mol. The van der Waals surface area contributed by atoms with Crippen LogP contribution in [0.2, 0.25) is 0 Å². The molecule has 1 fully saturated rings. The maximum absolute atomic E-state index is 12.6. The van der Waals surface area contributed by atoms with Gasteiger partial charge in [-0.1, -0.05) is 12.1 Å². The summed E-state index contributed by atoms with van der Waals surface area (Å²) in [4.78, 5) is 32.4. The van der Waals surface area contributed by atoms with Gasteiger partial charge in [-0.15, -0.1) is 0 Å². The number of rotatable bonds is 6. The molecular formula is C22H21F3N4O2. The van der Waals surface area contributed by atoms with Crippen LogP contribution < -0.4 is 10.6 Å². The highest BCUT2D eigenvalue weighted by Gasteiger charge is 2.42. The Balaban J connectivity index is 1.26. The molecule has 0 aliphatic heterocycles. The van der Waals surface area contributed by atoms with Crippen molar-refractivity contribution in [3.8, 4) is 0 Å². The highest BCUT2D eigenvalue weighted by molar-refractivity contribution is 5.97. The van der Waals surface area contributed by atoms with Gasteiger partial charge in [0.05, 0.1) is 16.6 Å². The summed E-state index contributed by atoms with van der Waals surface area (Å²) < 4.78 is 37.8. The zero-order chi connectivity index (χ0) is 22.2. The number of nitrogens with one attached hydrogen (secondary N) is 3. The van der Waals surface area contributed by atoms with Crippen molar-refractivity contribution in [1.29, 1.82) is 0 Å². The predicted octanol–water partition coefficient (Wildman–Crippen LogP) is 4.22. The molecule has 6 nitrogen and oxygen atoms in total. The van der Waals surface area contributed by atoms with Crippen LogP contribution in [0.4, 0.5) is 18.9 Å². The maximum atomic E-state index is 12.6. The summed E-state index contributed by atoms with van der Waals surface area (Å²) in [6.45, 7) is 1.53. The molecule has 0 spiro atoms. The first kappa shape index (κ1) is 20.9. The molecule has 2 aromatic carbocycles. The van der Waals surface area contributed by atoms with Crippen LogP contribution in [0.15, 0.2) is 48.5 Å². The molecule has 31 heavy (non-hydrogen) atoms. The van der Waals surface area contributed by atoms with E-state index in [0.29, 0.717) is 0 Å². The van der Waals surface area contributed by atoms with Gasteiger partial charge >= 0.3 is 6.18 Å². The van der Waals surface area contributed by atoms with Gasteiger partial charge in [0.1, 0.15) is 11.9 Å². The lowest BCUT2D eigenvalue weighted by Gasteiger charge is -2.14. The minimum Gasteiger partial charge on any atom is -0.345 e. The molecule has 3 aromatic rings. The third-order valence-electron chi connectivity index (χ3n) is 5.38. The smallest absolute Gasteiger partial charge is 0.345 e. The van der Waals surface area contributed by atoms with E-state index in [1.807, 2.05) is 24.3 Å². The molecule has 1 aliphatic rings. The molecule has 3 atom stereocenters. The number of aromatic nitrogens is 2. The number of H-pyrrole nitrogens is 1. The fourth-order valence-electron chi connectivity index (χ4n) is 3.55. The summed E-state index contributed by atoms with van der Waals surface area (Å²) in [5.74, 6) is 0.462. The Morgan fingerprint density at radius 3 is 2.55 bits per heavy atom. The van der Waals surface area contributed by atoms with Crippen LogP contribution in [-0.4, -0.2) is 27.8 Å². The van der Waals surface area contributed by atoms with E-state index < -0.39 is 23.7 Å². The summed E-state index contributed by atoms with van der Waals surface area (Å²) >= 11 is 0. The van der Waals surface area contributed by atoms with Crippen molar-refractivity contribution in [1.82, 2.24) is 15.3 Å². The molecule has 162 valence electrons. The second-order valence-corrected chi connectivity index (χ2v) is 7.80. The molecule has 0 saturated heterocycles. The third-order valence-corrected chi connectivity index (χ3v) is 5.38. The molecule has 4 rings (SSSR count). The van der Waals surface area contributed by atoms with E-state index in [1.54, 1.807) is 0 Å². The number of anilines is 1. The lowest BCUT2D eigenvalue weighted by atomic mass is 10.2. The fourth-order valence-corrected chi connectivity index (χ4v) is 3.55. The van der Waals surface area contributed by atoms with Gasteiger partial charge < -0.3 is 15.6 Å². The van der Waals surface area contributed by atoms with Crippen molar-refractivity contribution in [3.05, 3.63) is 59.9 Å². The van der Waals surface area contributed by atoms with Crippen LogP contribution >= 0.6 is 0 Å². The zero-order valence-corrected chi connectivity index (χ0v) is 16.7. The molecule has 3 N–H and O–H groups in total. The number of fused-ring (bicyclic) bond motifs is 1. The van der Waals surface area contributed by atoms with Crippen LogP contribution in [0.1, 0.15) is 37.1 Å². The lowest BCUT2D eigenvalue weighted by molar-refractivity contribution is -0.137. The molecule has 0 bridgehead atoms. The molecule has 1 heterocycles. The van der Waals surface area contributed by atoms with Crippen LogP contribution in [0.3, 0.4) is 0 Å². The van der Waals surface area contributed by atoms with E-state index in [9.17, 15) is 22.8 Å². The summed E-state index contributed by atoms with van der Waals surface area (Å²) in [6.07, 6.45) is -3.31. The lowest BCUT2D eigenvalue weighted by Crippen LogP contribution is -2.41. The molecule has 9 heteroatoms. The fraction of sp³-hybridized carbons (Fsp3) is 0.318. The molecule has 1 unspecified atom stereocenters. The first-order valence-corrected chi connectivity index (χ1v) is 9.93. The SMILES string of the molecule is CC(NC(=O)C[C@@H]1C[C@H]1c1nc2ccccc2[nH]1)C(=O)Nc1ccc(C(F)(F)F)cc1. The first-order chi connectivity index (χ1) is 14.7. The van der Waals surface area contributed by atoms with Crippen LogP contribution in [0, 0.1) is 5.92 Å². The Hall–Kier alpha value is -3.36. The van der Waals surface area contributed by atoms with Crippen LogP contribution in [0.5, 0.6) is 0 Å². The number of aromatic amines is 1. The third kappa shape index (κ3) is 4.87. The Kier molecular flexibility index (Phi) is 5.43. The molecule has 0 radical (unpaired) electrons. The van der Waals surface area contributed by atoms with Gasteiger partial charge in [0.15, 0.2) is 0 Å². The number of carbonyl (C=O) groups excluding carboxylic acids is 2. The number of alkyl halides is 3. The van der Waals surface area contributed by atoms with E-state index in [0.717, 1.165) is 35.4 Å². The number of hydrogen-bond acceptors (Lipinski definition) is 3. The minimum atomic E-state index is -4.44. The van der Waals surface area contributed by atoms with Crippen molar-refractivity contribution in [2.24, 2.45) is 5.92 Å². The summed E-state index contributed by atoms with van der Waals surface area (Å²) in [7, 11) is 0. The highest BCUT2D eigenvalue weighted by atomic mass is 19.4. The highest BCUT2D eigenvalue weighted by Crippen LogP contribution is 2.48. The number of halogens is 3. The Morgan fingerprint density at radius 1 is 1.16 bits per heavy atom. The van der Waals surface area contributed by atoms with Gasteiger partial charge in [-0.3, -0.25) is 9.59 Å². The van der Waals surface area contributed by atoms with Crippen LogP contribution in [0.25, 0.3) is 11.0 Å². The number of amides is 2. The van der Waals surface area contributed by atoms with E-state index in [4.69, 9.17) is 0 Å². The molecule has 1 aliphatic carbocycles. The van der Waals surface area contributed by atoms with Crippen molar-refractivity contribution >= 4 is 28.5 Å². The first-order valence-electron chi connectivity index (χ1n) is 9.93. The van der Waals surface area contributed by atoms with Crippen molar-refractivity contribution in [2.75, 3.05) is 5.32 Å². The molecule has 2 amide bonds. The number of para-hydroxylation sites is 2. The number of nitrogens with zero attached hydrogens (tertiary/aromatic N) is 1. The maximum Gasteiger partial charge on any atom is 0.416 e. The van der Waals surface area contributed by atoms with Gasteiger partial charge in [-0.25, -0.2) is 4.98 Å². The summed E-state index contributed by atoms with van der Waals surface area (Å²) in [6, 6.07) is 11.0. The summed E-state index contributed by atoms with van der Waals surface area (Å²) in [5, 5.41) is 5.15. The second kappa shape index (κ2) is 8.05. The van der Waals surface area contributed by atoms with Crippen molar-refractivity contribution in [2.45, 2.75) is 37.9 Å². The van der Waals surface area contributed by atoms with Crippen LogP contribution in [-0.2, 0) is 15.8 Å². The second-order valence-electron chi connectivity index (χ2n) is 7.80. The Morgan fingerprint density at radius 2 is 1.87 bits per heavy atom. The van der Waals surface area contributed by atoms with Gasteiger partial charge in [0.25, 0.3) is 0 Å². The number of imidazole rings is 1. The number of hydrogen-bond donors (Lipinski definition) is 3. The van der Waals surface area contributed by atoms with Crippen molar-refractivity contribution < 1.29 is 22.8 Å². The van der Waals surface area contributed by atoms with Gasteiger partial charge in [0, 0.05) is 18.0 Å². The quantitative estimate of drug-likeness (QED) is 0.547. The predicted molar refractivity (Wildman–Crippen MR) is 109 cm³/mol. The normalized spacial score (nSPS) is 19.1. The van der Waals surface area contributed by atoms with Gasteiger partial charge in [-0.2, -0.15) is 13.2 Å². The molecule has 1 aromatic heterocycles. The summed E-state index contributed by atoms with van der Waals surface area (Å²) in [5.41, 5.74) is 1.28. The monoisotopic (exact) mass is 430 g/mol. The minimum absolute atomic E-state index is 0.158. The average molecular weight is 430 g/mol. The van der Waals surface area contributed by atoms with Crippen molar-refractivity contribution in [3.63, 3.8) is 0 Å². The topological polar surface area (TPSA) is 86.9 Å². The number of carbonyl (C=O) groups is 2. The Bertz CT molecular complexity index is 1070. The Labute approximate surface area is 176 Å². The van der Waals surface area contributed by atoms with E-state index in [2.05, 4.69) is 20.6 Å². The molecule has 1 saturated carbocycles. The van der Waals surface area contributed by atoms with E-state index in [-0.39, 0.29) is 29.9 Å². The average Bonchev–Trinajstić information content (AvgIpc) is 3.33. The van der Waals surface area contributed by atoms with Gasteiger partial charge in [-0.05, 0) is 55.7 Å². The van der Waals surface area contributed by atoms with E-state index in [1.165, 1.54) is 19.1 Å².